The Morgan fingerprint density at radius 2 is 1.74 bits per heavy atom. The number of hydrogen-bond donors (Lipinski definition) is 1. The van der Waals surface area contributed by atoms with Crippen molar-refractivity contribution in [3.05, 3.63) is 63.1 Å². The number of rotatable bonds is 3. The molecule has 0 saturated carbocycles. The molecule has 0 spiro atoms. The maximum atomic E-state index is 11.9. The summed E-state index contributed by atoms with van der Waals surface area (Å²) >= 11 is 17.6. The van der Waals surface area contributed by atoms with E-state index >= 15 is 0 Å². The van der Waals surface area contributed by atoms with E-state index in [0.29, 0.717) is 20.8 Å². The maximum Gasteiger partial charge on any atom is 0.228 e. The van der Waals surface area contributed by atoms with Crippen molar-refractivity contribution in [2.75, 3.05) is 5.32 Å². The minimum atomic E-state index is -0.161. The lowest BCUT2D eigenvalue weighted by atomic mass is 10.1. The summed E-state index contributed by atoms with van der Waals surface area (Å²) in [6.45, 7) is 0. The molecular formula is C14H10Cl3NO. The van der Waals surface area contributed by atoms with E-state index in [0.717, 1.165) is 5.56 Å². The highest BCUT2D eigenvalue weighted by molar-refractivity contribution is 6.36. The third-order valence-electron chi connectivity index (χ3n) is 2.46. The molecule has 0 atom stereocenters. The summed E-state index contributed by atoms with van der Waals surface area (Å²) < 4.78 is 0. The number of benzene rings is 2. The van der Waals surface area contributed by atoms with Crippen LogP contribution in [0.15, 0.2) is 42.5 Å². The van der Waals surface area contributed by atoms with Gasteiger partial charge < -0.3 is 5.32 Å². The van der Waals surface area contributed by atoms with Crippen molar-refractivity contribution in [3.8, 4) is 0 Å². The first-order valence-corrected chi connectivity index (χ1v) is 6.67. The van der Waals surface area contributed by atoms with Crippen LogP contribution in [0.1, 0.15) is 5.56 Å². The van der Waals surface area contributed by atoms with E-state index in [9.17, 15) is 4.79 Å². The van der Waals surface area contributed by atoms with Crippen LogP contribution in [0.2, 0.25) is 15.1 Å². The smallest absolute Gasteiger partial charge is 0.228 e. The van der Waals surface area contributed by atoms with Gasteiger partial charge in [-0.05, 0) is 35.9 Å². The normalized spacial score (nSPS) is 10.3. The number of carbonyl (C=O) groups excluding carboxylic acids is 1. The lowest BCUT2D eigenvalue weighted by Gasteiger charge is -2.07. The van der Waals surface area contributed by atoms with E-state index in [2.05, 4.69) is 5.32 Å². The third kappa shape index (κ3) is 4.13. The van der Waals surface area contributed by atoms with Crippen LogP contribution >= 0.6 is 34.8 Å². The molecule has 1 amide bonds. The number of amides is 1. The van der Waals surface area contributed by atoms with Gasteiger partial charge in [0.25, 0.3) is 0 Å². The van der Waals surface area contributed by atoms with Gasteiger partial charge in [0, 0.05) is 10.0 Å². The summed E-state index contributed by atoms with van der Waals surface area (Å²) in [5, 5.41) is 4.27. The van der Waals surface area contributed by atoms with Gasteiger partial charge in [-0.2, -0.15) is 0 Å². The molecular weight excluding hydrogens is 305 g/mol. The van der Waals surface area contributed by atoms with Crippen LogP contribution < -0.4 is 5.32 Å². The molecule has 0 aliphatic heterocycles. The summed E-state index contributed by atoms with van der Waals surface area (Å²) in [5.74, 6) is -0.161. The average Bonchev–Trinajstić information content (AvgIpc) is 2.33. The minimum absolute atomic E-state index is 0.161. The van der Waals surface area contributed by atoms with Gasteiger partial charge in [0.05, 0.1) is 17.1 Å². The Hall–Kier alpha value is -1.22. The van der Waals surface area contributed by atoms with E-state index in [1.165, 1.54) is 0 Å². The third-order valence-corrected chi connectivity index (χ3v) is 3.24. The van der Waals surface area contributed by atoms with E-state index in [-0.39, 0.29) is 12.3 Å². The molecule has 0 radical (unpaired) electrons. The van der Waals surface area contributed by atoms with Gasteiger partial charge in [-0.3, -0.25) is 4.79 Å². The molecule has 0 aliphatic rings. The summed E-state index contributed by atoms with van der Waals surface area (Å²) in [5.41, 5.74) is 1.38. The van der Waals surface area contributed by atoms with Crippen LogP contribution in [0.3, 0.4) is 0 Å². The van der Waals surface area contributed by atoms with E-state index < -0.39 is 0 Å². The lowest BCUT2D eigenvalue weighted by molar-refractivity contribution is -0.115. The Bertz CT molecular complexity index is 613. The van der Waals surface area contributed by atoms with Gasteiger partial charge >= 0.3 is 0 Å². The summed E-state index contributed by atoms with van der Waals surface area (Å²) in [6, 6.07) is 12.1. The zero-order chi connectivity index (χ0) is 13.8. The second-order valence-corrected chi connectivity index (χ2v) is 5.26. The van der Waals surface area contributed by atoms with E-state index in [1.54, 1.807) is 36.4 Å². The molecule has 0 aromatic heterocycles. The molecule has 19 heavy (non-hydrogen) atoms. The van der Waals surface area contributed by atoms with Crippen LogP contribution in [0.5, 0.6) is 0 Å². The van der Waals surface area contributed by atoms with Gasteiger partial charge in [0.1, 0.15) is 0 Å². The molecule has 2 nitrogen and oxygen atoms in total. The monoisotopic (exact) mass is 313 g/mol. The standard InChI is InChI=1S/C14H10Cl3NO/c15-10-3-1-2-9(6-10)7-14(19)18-13-5-4-11(16)8-12(13)17/h1-6,8H,7H2,(H,18,19). The van der Waals surface area contributed by atoms with E-state index in [1.807, 2.05) is 6.07 Å². The largest absolute Gasteiger partial charge is 0.324 e. The Morgan fingerprint density at radius 3 is 2.42 bits per heavy atom. The molecule has 0 bridgehead atoms. The van der Waals surface area contributed by atoms with Crippen LogP contribution in [0, 0.1) is 0 Å². The van der Waals surface area contributed by atoms with Crippen LogP contribution in [0.25, 0.3) is 0 Å². The molecule has 0 saturated heterocycles. The molecule has 0 fully saturated rings. The molecule has 0 heterocycles. The van der Waals surface area contributed by atoms with Crippen molar-refractivity contribution in [1.29, 1.82) is 0 Å². The Kier molecular flexibility index (Phi) is 4.70. The van der Waals surface area contributed by atoms with Crippen molar-refractivity contribution in [3.63, 3.8) is 0 Å². The molecule has 5 heteroatoms. The summed E-state index contributed by atoms with van der Waals surface area (Å²) in [7, 11) is 0. The van der Waals surface area contributed by atoms with Crippen molar-refractivity contribution < 1.29 is 4.79 Å². The highest BCUT2D eigenvalue weighted by Crippen LogP contribution is 2.25. The summed E-state index contributed by atoms with van der Waals surface area (Å²) in [4.78, 5) is 11.9. The second-order valence-electron chi connectivity index (χ2n) is 3.98. The fourth-order valence-corrected chi connectivity index (χ4v) is 2.29. The van der Waals surface area contributed by atoms with Crippen molar-refractivity contribution in [2.24, 2.45) is 0 Å². The number of carbonyl (C=O) groups is 1. The van der Waals surface area contributed by atoms with Gasteiger partial charge in [-0.1, -0.05) is 46.9 Å². The average molecular weight is 315 g/mol. The molecule has 1 N–H and O–H groups in total. The van der Waals surface area contributed by atoms with E-state index in [4.69, 9.17) is 34.8 Å². The fraction of sp³-hybridized carbons (Fsp3) is 0.0714. The van der Waals surface area contributed by atoms with Crippen molar-refractivity contribution >= 4 is 46.4 Å². The predicted molar refractivity (Wildman–Crippen MR) is 80.2 cm³/mol. The molecule has 98 valence electrons. The van der Waals surface area contributed by atoms with Gasteiger partial charge in [-0.25, -0.2) is 0 Å². The first-order valence-electron chi connectivity index (χ1n) is 5.54. The number of halogens is 3. The van der Waals surface area contributed by atoms with Gasteiger partial charge in [0.15, 0.2) is 0 Å². The van der Waals surface area contributed by atoms with Gasteiger partial charge in [-0.15, -0.1) is 0 Å². The second kappa shape index (κ2) is 6.29. The number of nitrogens with one attached hydrogen (secondary N) is 1. The zero-order valence-corrected chi connectivity index (χ0v) is 12.1. The number of hydrogen-bond acceptors (Lipinski definition) is 1. The Morgan fingerprint density at radius 1 is 1.00 bits per heavy atom. The molecule has 2 aromatic carbocycles. The highest BCUT2D eigenvalue weighted by atomic mass is 35.5. The molecule has 0 unspecified atom stereocenters. The van der Waals surface area contributed by atoms with Crippen LogP contribution in [-0.2, 0) is 11.2 Å². The Balaban J connectivity index is 2.05. The molecule has 0 aliphatic carbocycles. The molecule has 2 aromatic rings. The molecule has 2 rings (SSSR count). The number of anilines is 1. The predicted octanol–water partition coefficient (Wildman–Crippen LogP) is 4.83. The van der Waals surface area contributed by atoms with Crippen molar-refractivity contribution in [1.82, 2.24) is 0 Å². The van der Waals surface area contributed by atoms with Crippen molar-refractivity contribution in [2.45, 2.75) is 6.42 Å². The minimum Gasteiger partial charge on any atom is -0.324 e. The van der Waals surface area contributed by atoms with Crippen LogP contribution in [-0.4, -0.2) is 5.91 Å². The Labute approximate surface area is 126 Å². The van der Waals surface area contributed by atoms with Crippen LogP contribution in [0.4, 0.5) is 5.69 Å². The highest BCUT2D eigenvalue weighted by Gasteiger charge is 2.07. The zero-order valence-electron chi connectivity index (χ0n) is 9.79. The van der Waals surface area contributed by atoms with Gasteiger partial charge in [0.2, 0.25) is 5.91 Å². The lowest BCUT2D eigenvalue weighted by Crippen LogP contribution is -2.14. The maximum absolute atomic E-state index is 11.9. The fourth-order valence-electron chi connectivity index (χ4n) is 1.62. The summed E-state index contributed by atoms with van der Waals surface area (Å²) in [6.07, 6.45) is 0.236. The topological polar surface area (TPSA) is 29.1 Å². The quantitative estimate of drug-likeness (QED) is 0.864. The first kappa shape index (κ1) is 14.2. The SMILES string of the molecule is O=C(Cc1cccc(Cl)c1)Nc1ccc(Cl)cc1Cl. The first-order chi connectivity index (χ1) is 9.04.